The van der Waals surface area contributed by atoms with Gasteiger partial charge in [-0.3, -0.25) is 19.8 Å². The van der Waals surface area contributed by atoms with Crippen LogP contribution in [0.4, 0.5) is 5.69 Å². The van der Waals surface area contributed by atoms with Crippen LogP contribution in [-0.2, 0) is 16.0 Å². The van der Waals surface area contributed by atoms with Crippen LogP contribution in [0.1, 0.15) is 17.4 Å². The number of carbonyl (C=O) groups is 2. The van der Waals surface area contributed by atoms with Crippen molar-refractivity contribution in [2.75, 3.05) is 30.9 Å². The third kappa shape index (κ3) is 5.75. The van der Waals surface area contributed by atoms with E-state index in [0.29, 0.717) is 35.4 Å². The van der Waals surface area contributed by atoms with Crippen LogP contribution in [0.25, 0.3) is 10.9 Å². The van der Waals surface area contributed by atoms with Gasteiger partial charge in [0, 0.05) is 23.1 Å². The highest BCUT2D eigenvalue weighted by Crippen LogP contribution is 2.37. The van der Waals surface area contributed by atoms with Gasteiger partial charge in [0.1, 0.15) is 29.5 Å². The molecular formula is C28H26BrClN6O4. The summed E-state index contributed by atoms with van der Waals surface area (Å²) >= 11 is 9.67. The van der Waals surface area contributed by atoms with Crippen LogP contribution in [0.5, 0.6) is 5.75 Å². The SMILES string of the molecule is COc1ccc(C2C(Cl)C(=O)N2NC(=O)CNn2c(CCNc3ccccc3)nc3ccc(Br)cc3c2=O)cc1. The van der Waals surface area contributed by atoms with Crippen LogP contribution < -0.4 is 26.5 Å². The number of hydrogen-bond donors (Lipinski definition) is 3. The Kier molecular flexibility index (Phi) is 8.22. The molecule has 0 spiro atoms. The lowest BCUT2D eigenvalue weighted by atomic mass is 9.95. The lowest BCUT2D eigenvalue weighted by molar-refractivity contribution is -0.156. The Labute approximate surface area is 243 Å². The molecule has 12 heteroatoms. The number of ether oxygens (including phenoxy) is 1. The minimum absolute atomic E-state index is 0.285. The van der Waals surface area contributed by atoms with Crippen molar-refractivity contribution in [3.63, 3.8) is 0 Å². The molecular weight excluding hydrogens is 600 g/mol. The largest absolute Gasteiger partial charge is 0.497 e. The Morgan fingerprint density at radius 3 is 2.55 bits per heavy atom. The molecule has 1 aliphatic heterocycles. The third-order valence-electron chi connectivity index (χ3n) is 6.48. The van der Waals surface area contributed by atoms with Crippen molar-refractivity contribution in [3.05, 3.63) is 99.0 Å². The van der Waals surface area contributed by atoms with Crippen molar-refractivity contribution in [1.82, 2.24) is 20.1 Å². The smallest absolute Gasteiger partial charge is 0.280 e. The summed E-state index contributed by atoms with van der Waals surface area (Å²) in [4.78, 5) is 43.5. The first-order valence-electron chi connectivity index (χ1n) is 12.5. The van der Waals surface area contributed by atoms with Crippen molar-refractivity contribution >= 4 is 55.9 Å². The molecule has 5 rings (SSSR count). The zero-order chi connectivity index (χ0) is 28.2. The van der Waals surface area contributed by atoms with E-state index in [9.17, 15) is 14.4 Å². The molecule has 0 saturated carbocycles. The van der Waals surface area contributed by atoms with Crippen molar-refractivity contribution in [2.45, 2.75) is 17.8 Å². The number of amides is 2. The van der Waals surface area contributed by atoms with Gasteiger partial charge >= 0.3 is 0 Å². The quantitative estimate of drug-likeness (QED) is 0.182. The van der Waals surface area contributed by atoms with Gasteiger partial charge in [-0.05, 0) is 48.0 Å². The molecule has 2 unspecified atom stereocenters. The number of β-lactam (4-membered cyclic amide) rings is 1. The van der Waals surface area contributed by atoms with Crippen LogP contribution in [0.15, 0.2) is 82.1 Å². The molecule has 10 nitrogen and oxygen atoms in total. The number of rotatable bonds is 10. The molecule has 1 fully saturated rings. The number of nitrogens with one attached hydrogen (secondary N) is 3. The van der Waals surface area contributed by atoms with E-state index in [4.69, 9.17) is 16.3 Å². The molecule has 3 aromatic carbocycles. The van der Waals surface area contributed by atoms with E-state index in [1.807, 2.05) is 36.4 Å². The fourth-order valence-electron chi connectivity index (χ4n) is 4.43. The van der Waals surface area contributed by atoms with E-state index in [1.165, 1.54) is 9.69 Å². The second-order valence-electron chi connectivity index (χ2n) is 9.07. The normalized spacial score (nSPS) is 16.4. The Hall–Kier alpha value is -4.09. The Morgan fingerprint density at radius 2 is 1.82 bits per heavy atom. The lowest BCUT2D eigenvalue weighted by Gasteiger charge is -2.44. The summed E-state index contributed by atoms with van der Waals surface area (Å²) < 4.78 is 7.20. The Morgan fingerprint density at radius 1 is 1.07 bits per heavy atom. The summed E-state index contributed by atoms with van der Waals surface area (Å²) in [7, 11) is 1.56. The van der Waals surface area contributed by atoms with Crippen molar-refractivity contribution in [3.8, 4) is 5.75 Å². The number of aromatic nitrogens is 2. The van der Waals surface area contributed by atoms with Gasteiger partial charge in [-0.1, -0.05) is 46.3 Å². The molecule has 0 bridgehead atoms. The fraction of sp³-hybridized carbons (Fsp3) is 0.214. The van der Waals surface area contributed by atoms with E-state index in [1.54, 1.807) is 43.5 Å². The molecule has 2 heterocycles. The van der Waals surface area contributed by atoms with Crippen molar-refractivity contribution in [1.29, 1.82) is 0 Å². The molecule has 0 aliphatic carbocycles. The van der Waals surface area contributed by atoms with Crippen LogP contribution >= 0.6 is 27.5 Å². The average Bonchev–Trinajstić information content (AvgIpc) is 2.97. The Bertz CT molecular complexity index is 1600. The summed E-state index contributed by atoms with van der Waals surface area (Å²) in [5.41, 5.74) is 7.39. The second kappa shape index (κ2) is 12.0. The van der Waals surface area contributed by atoms with Crippen LogP contribution in [0.2, 0.25) is 0 Å². The number of carbonyl (C=O) groups excluding carboxylic acids is 2. The Balaban J connectivity index is 1.31. The van der Waals surface area contributed by atoms with Crippen LogP contribution in [0.3, 0.4) is 0 Å². The lowest BCUT2D eigenvalue weighted by Crippen LogP contribution is -2.64. The number of halogens is 2. The second-order valence-corrected chi connectivity index (χ2v) is 10.5. The third-order valence-corrected chi connectivity index (χ3v) is 7.40. The highest BCUT2D eigenvalue weighted by Gasteiger charge is 2.48. The summed E-state index contributed by atoms with van der Waals surface area (Å²) in [5, 5.41) is 4.09. The van der Waals surface area contributed by atoms with E-state index in [2.05, 4.69) is 37.1 Å². The number of benzene rings is 3. The standard InChI is InChI=1S/C28H26BrClN6O4/c1-40-20-10-7-17(8-11-20)26-25(30)28(39)36(26)34-24(37)16-32-35-23(13-14-31-19-5-3-2-4-6-19)33-22-12-9-18(29)15-21(22)27(35)38/h2-12,15,25-26,31-32H,13-14,16H2,1H3,(H,34,37). The van der Waals surface area contributed by atoms with Gasteiger partial charge in [-0.15, -0.1) is 11.6 Å². The molecule has 2 atom stereocenters. The molecule has 1 aliphatic rings. The van der Waals surface area contributed by atoms with E-state index in [0.717, 1.165) is 15.7 Å². The fourth-order valence-corrected chi connectivity index (χ4v) is 5.16. The molecule has 206 valence electrons. The van der Waals surface area contributed by atoms with Crippen LogP contribution in [-0.4, -0.2) is 52.1 Å². The number of para-hydroxylation sites is 1. The first kappa shape index (κ1) is 27.5. The van der Waals surface area contributed by atoms with E-state index in [-0.39, 0.29) is 12.1 Å². The molecule has 0 radical (unpaired) electrons. The summed E-state index contributed by atoms with van der Waals surface area (Å²) in [6, 6.07) is 21.5. The van der Waals surface area contributed by atoms with Gasteiger partial charge in [0.2, 0.25) is 0 Å². The minimum Gasteiger partial charge on any atom is -0.497 e. The monoisotopic (exact) mass is 624 g/mol. The van der Waals surface area contributed by atoms with Gasteiger partial charge < -0.3 is 15.5 Å². The number of methoxy groups -OCH3 is 1. The molecule has 2 amide bonds. The number of alkyl halides is 1. The topological polar surface area (TPSA) is 118 Å². The molecule has 1 aromatic heterocycles. The summed E-state index contributed by atoms with van der Waals surface area (Å²) in [6.07, 6.45) is 0.406. The maximum absolute atomic E-state index is 13.4. The highest BCUT2D eigenvalue weighted by atomic mass is 79.9. The number of fused-ring (bicyclic) bond motifs is 1. The molecule has 3 N–H and O–H groups in total. The van der Waals surface area contributed by atoms with Crippen molar-refractivity contribution < 1.29 is 14.3 Å². The molecule has 1 saturated heterocycles. The first-order valence-corrected chi connectivity index (χ1v) is 13.7. The zero-order valence-electron chi connectivity index (χ0n) is 21.4. The van der Waals surface area contributed by atoms with Gasteiger partial charge in [0.25, 0.3) is 17.4 Å². The summed E-state index contributed by atoms with van der Waals surface area (Å²) in [6.45, 7) is 0.224. The minimum atomic E-state index is -0.809. The molecule has 4 aromatic rings. The predicted octanol–water partition coefficient (Wildman–Crippen LogP) is 3.59. The number of anilines is 1. The first-order chi connectivity index (χ1) is 19.4. The van der Waals surface area contributed by atoms with E-state index < -0.39 is 23.2 Å². The number of hydrogen-bond acceptors (Lipinski definition) is 7. The predicted molar refractivity (Wildman–Crippen MR) is 157 cm³/mol. The highest BCUT2D eigenvalue weighted by molar-refractivity contribution is 9.10. The number of nitrogens with zero attached hydrogens (tertiary/aromatic N) is 3. The average molecular weight is 626 g/mol. The van der Waals surface area contributed by atoms with Gasteiger partial charge in [-0.2, -0.15) is 0 Å². The maximum Gasteiger partial charge on any atom is 0.280 e. The van der Waals surface area contributed by atoms with E-state index >= 15 is 0 Å². The van der Waals surface area contributed by atoms with Crippen LogP contribution in [0, 0.1) is 0 Å². The zero-order valence-corrected chi connectivity index (χ0v) is 23.8. The number of hydrazine groups is 1. The van der Waals surface area contributed by atoms with Gasteiger partial charge in [0.15, 0.2) is 0 Å². The summed E-state index contributed by atoms with van der Waals surface area (Å²) in [5.74, 6) is 0.174. The maximum atomic E-state index is 13.4. The van der Waals surface area contributed by atoms with Gasteiger partial charge in [0.05, 0.1) is 18.0 Å². The van der Waals surface area contributed by atoms with Crippen molar-refractivity contribution in [2.24, 2.45) is 0 Å². The molecule has 40 heavy (non-hydrogen) atoms. The van der Waals surface area contributed by atoms with Gasteiger partial charge in [-0.25, -0.2) is 14.7 Å².